The van der Waals surface area contributed by atoms with E-state index >= 15 is 0 Å². The largest absolute Gasteiger partial charge is 0.325 e. The molecule has 2 rings (SSSR count). The zero-order valence-electron chi connectivity index (χ0n) is 15.3. The summed E-state index contributed by atoms with van der Waals surface area (Å²) in [4.78, 5) is 16.7. The van der Waals surface area contributed by atoms with Crippen molar-refractivity contribution >= 4 is 23.4 Å². The van der Waals surface area contributed by atoms with Crippen molar-refractivity contribution in [3.63, 3.8) is 0 Å². The molecule has 2 aromatic rings. The normalized spacial score (nSPS) is 10.6. The molecule has 1 amide bonds. The summed E-state index contributed by atoms with van der Waals surface area (Å²) in [6, 6.07) is 10.1. The molecule has 0 fully saturated rings. The van der Waals surface area contributed by atoms with E-state index in [9.17, 15) is 10.1 Å². The molecule has 0 radical (unpaired) electrons. The first-order valence-electron chi connectivity index (χ1n) is 8.24. The number of pyridine rings is 1. The zero-order valence-corrected chi connectivity index (χ0v) is 16.1. The first-order valence-corrected chi connectivity index (χ1v) is 9.22. The number of hydrogen-bond acceptors (Lipinski definition) is 4. The summed E-state index contributed by atoms with van der Waals surface area (Å²) in [5.41, 5.74) is 5.42. The highest BCUT2D eigenvalue weighted by atomic mass is 32.2. The van der Waals surface area contributed by atoms with Gasteiger partial charge in [-0.25, -0.2) is 4.98 Å². The highest BCUT2D eigenvalue weighted by Crippen LogP contribution is 2.26. The fourth-order valence-corrected chi connectivity index (χ4v) is 3.31. The van der Waals surface area contributed by atoms with E-state index in [0.717, 1.165) is 22.5 Å². The van der Waals surface area contributed by atoms with Gasteiger partial charge in [0.25, 0.3) is 0 Å². The number of nitrogens with zero attached hydrogens (tertiary/aromatic N) is 2. The van der Waals surface area contributed by atoms with Gasteiger partial charge in [0.1, 0.15) is 11.1 Å². The van der Waals surface area contributed by atoms with Crippen LogP contribution in [0.3, 0.4) is 0 Å². The third-order valence-electron chi connectivity index (χ3n) is 4.28. The maximum Gasteiger partial charge on any atom is 0.234 e. The van der Waals surface area contributed by atoms with Crippen LogP contribution >= 0.6 is 11.8 Å². The molecule has 0 aliphatic rings. The van der Waals surface area contributed by atoms with Gasteiger partial charge in [0.2, 0.25) is 5.91 Å². The molecule has 1 N–H and O–H groups in total. The van der Waals surface area contributed by atoms with Gasteiger partial charge in [0.05, 0.1) is 11.3 Å². The smallest absolute Gasteiger partial charge is 0.234 e. The molecule has 0 bridgehead atoms. The van der Waals surface area contributed by atoms with E-state index in [4.69, 9.17) is 0 Å². The molecular formula is C20H23N3OS. The van der Waals surface area contributed by atoms with Crippen LogP contribution in [-0.4, -0.2) is 16.6 Å². The summed E-state index contributed by atoms with van der Waals surface area (Å²) in [7, 11) is 0. The number of nitriles is 1. The number of thioether (sulfide) groups is 1. The average Bonchev–Trinajstić information content (AvgIpc) is 2.58. The summed E-state index contributed by atoms with van der Waals surface area (Å²) < 4.78 is 0. The topological polar surface area (TPSA) is 65.8 Å². The minimum absolute atomic E-state index is 0.108. The van der Waals surface area contributed by atoms with Gasteiger partial charge >= 0.3 is 0 Å². The van der Waals surface area contributed by atoms with E-state index in [1.807, 2.05) is 45.0 Å². The van der Waals surface area contributed by atoms with Crippen LogP contribution in [0.15, 0.2) is 29.3 Å². The first-order chi connectivity index (χ1) is 11.8. The van der Waals surface area contributed by atoms with Gasteiger partial charge in [-0.2, -0.15) is 5.26 Å². The second-order valence-electron chi connectivity index (χ2n) is 6.35. The van der Waals surface area contributed by atoms with Crippen LogP contribution in [0.4, 0.5) is 5.69 Å². The second-order valence-corrected chi connectivity index (χ2v) is 7.32. The Morgan fingerprint density at radius 2 is 1.84 bits per heavy atom. The fourth-order valence-electron chi connectivity index (χ4n) is 2.43. The van der Waals surface area contributed by atoms with Crippen LogP contribution in [0.5, 0.6) is 0 Å². The number of aromatic nitrogens is 1. The van der Waals surface area contributed by atoms with Gasteiger partial charge in [0.15, 0.2) is 0 Å². The molecule has 0 aliphatic carbocycles. The third-order valence-corrected chi connectivity index (χ3v) is 5.25. The average molecular weight is 353 g/mol. The maximum atomic E-state index is 12.2. The highest BCUT2D eigenvalue weighted by molar-refractivity contribution is 8.00. The molecule has 0 atom stereocenters. The van der Waals surface area contributed by atoms with Gasteiger partial charge in [0, 0.05) is 11.4 Å². The lowest BCUT2D eigenvalue weighted by Crippen LogP contribution is -2.14. The lowest BCUT2D eigenvalue weighted by molar-refractivity contribution is -0.113. The molecule has 5 heteroatoms. The third kappa shape index (κ3) is 4.61. The number of benzene rings is 1. The Morgan fingerprint density at radius 1 is 1.20 bits per heavy atom. The predicted molar refractivity (Wildman–Crippen MR) is 103 cm³/mol. The number of aryl methyl sites for hydroxylation is 1. The molecule has 1 heterocycles. The molecule has 0 saturated heterocycles. The molecule has 1 aromatic carbocycles. The lowest BCUT2D eigenvalue weighted by atomic mass is 10.0. The van der Waals surface area contributed by atoms with Crippen molar-refractivity contribution < 1.29 is 4.79 Å². The van der Waals surface area contributed by atoms with E-state index in [2.05, 4.69) is 30.2 Å². The van der Waals surface area contributed by atoms with Crippen molar-refractivity contribution in [1.29, 1.82) is 5.26 Å². The lowest BCUT2D eigenvalue weighted by Gasteiger charge is -2.11. The maximum absolute atomic E-state index is 12.2. The van der Waals surface area contributed by atoms with Crippen LogP contribution in [0.2, 0.25) is 0 Å². The molecule has 0 spiro atoms. The minimum atomic E-state index is -0.108. The van der Waals surface area contributed by atoms with Crippen LogP contribution in [0.1, 0.15) is 47.7 Å². The number of rotatable bonds is 5. The highest BCUT2D eigenvalue weighted by Gasteiger charge is 2.14. The Morgan fingerprint density at radius 3 is 2.40 bits per heavy atom. The summed E-state index contributed by atoms with van der Waals surface area (Å²) in [6.07, 6.45) is 0. The fraction of sp³-hybridized carbons (Fsp3) is 0.350. The predicted octanol–water partition coefficient (Wildman–Crippen LogP) is 4.73. The van der Waals surface area contributed by atoms with E-state index < -0.39 is 0 Å². The van der Waals surface area contributed by atoms with E-state index in [0.29, 0.717) is 16.5 Å². The molecule has 0 aliphatic heterocycles. The van der Waals surface area contributed by atoms with Crippen molar-refractivity contribution in [2.45, 2.75) is 45.6 Å². The van der Waals surface area contributed by atoms with Crippen molar-refractivity contribution in [3.05, 3.63) is 52.2 Å². The van der Waals surface area contributed by atoms with E-state index in [1.54, 1.807) is 0 Å². The SMILES string of the molecule is Cc1nc(SCC(=O)Nc2ccc(C(C)C)cc2)c(C#N)c(C)c1C. The Kier molecular flexibility index (Phi) is 6.22. The number of anilines is 1. The van der Waals surface area contributed by atoms with Gasteiger partial charge in [-0.15, -0.1) is 0 Å². The molecule has 130 valence electrons. The number of nitrogens with one attached hydrogen (secondary N) is 1. The minimum Gasteiger partial charge on any atom is -0.325 e. The molecule has 25 heavy (non-hydrogen) atoms. The van der Waals surface area contributed by atoms with Gasteiger partial charge < -0.3 is 5.32 Å². The zero-order chi connectivity index (χ0) is 18.6. The number of hydrogen-bond donors (Lipinski definition) is 1. The van der Waals surface area contributed by atoms with Gasteiger partial charge in [-0.3, -0.25) is 4.79 Å². The molecule has 0 unspecified atom stereocenters. The standard InChI is InChI=1S/C20H23N3OS/c1-12(2)16-6-8-17(9-7-16)23-19(24)11-25-20-18(10-21)14(4)13(3)15(5)22-20/h6-9,12H,11H2,1-5H3,(H,23,24). The first kappa shape index (κ1) is 19.0. The van der Waals surface area contributed by atoms with Crippen molar-refractivity contribution in [2.24, 2.45) is 0 Å². The van der Waals surface area contributed by atoms with Gasteiger partial charge in [-0.05, 0) is 55.5 Å². The van der Waals surface area contributed by atoms with E-state index in [1.165, 1.54) is 17.3 Å². The van der Waals surface area contributed by atoms with Crippen molar-refractivity contribution in [1.82, 2.24) is 4.98 Å². The van der Waals surface area contributed by atoms with Crippen LogP contribution < -0.4 is 5.32 Å². The van der Waals surface area contributed by atoms with Crippen LogP contribution in [0, 0.1) is 32.1 Å². The number of amides is 1. The number of carbonyl (C=O) groups is 1. The Hall–Kier alpha value is -2.32. The number of carbonyl (C=O) groups excluding carboxylic acids is 1. The van der Waals surface area contributed by atoms with Crippen molar-refractivity contribution in [3.8, 4) is 6.07 Å². The van der Waals surface area contributed by atoms with Gasteiger partial charge in [-0.1, -0.05) is 37.7 Å². The van der Waals surface area contributed by atoms with Crippen molar-refractivity contribution in [2.75, 3.05) is 11.1 Å². The quantitative estimate of drug-likeness (QED) is 0.789. The van der Waals surface area contributed by atoms with Crippen LogP contribution in [0.25, 0.3) is 0 Å². The Labute approximate surface area is 153 Å². The molecule has 1 aromatic heterocycles. The molecular weight excluding hydrogens is 330 g/mol. The summed E-state index contributed by atoms with van der Waals surface area (Å²) in [6.45, 7) is 10.1. The Bertz CT molecular complexity index is 820. The molecule has 4 nitrogen and oxygen atoms in total. The summed E-state index contributed by atoms with van der Waals surface area (Å²) >= 11 is 1.30. The Balaban J connectivity index is 2.04. The second kappa shape index (κ2) is 8.17. The monoisotopic (exact) mass is 353 g/mol. The molecule has 0 saturated carbocycles. The summed E-state index contributed by atoms with van der Waals surface area (Å²) in [5.74, 6) is 0.572. The van der Waals surface area contributed by atoms with E-state index in [-0.39, 0.29) is 11.7 Å². The van der Waals surface area contributed by atoms with Crippen LogP contribution in [-0.2, 0) is 4.79 Å². The summed E-state index contributed by atoms with van der Waals surface area (Å²) in [5, 5.41) is 12.9.